The Bertz CT molecular complexity index is 1390. The van der Waals surface area contributed by atoms with E-state index in [0.29, 0.717) is 29.4 Å². The first-order valence-electron chi connectivity index (χ1n) is 14.0. The monoisotopic (exact) mass is 532 g/mol. The molecule has 0 unspecified atom stereocenters. The van der Waals surface area contributed by atoms with Crippen LogP contribution in [0.3, 0.4) is 0 Å². The lowest BCUT2D eigenvalue weighted by Gasteiger charge is -2.35. The number of urea groups is 1. The zero-order valence-electron chi connectivity index (χ0n) is 22.7. The first-order valence-corrected chi connectivity index (χ1v) is 14.0. The summed E-state index contributed by atoms with van der Waals surface area (Å²) in [5.41, 5.74) is 5.31. The van der Waals surface area contributed by atoms with Crippen molar-refractivity contribution in [1.82, 2.24) is 5.32 Å². The van der Waals surface area contributed by atoms with Crippen molar-refractivity contribution in [2.75, 3.05) is 35.2 Å². The second-order valence-corrected chi connectivity index (χ2v) is 10.3. The van der Waals surface area contributed by atoms with Crippen molar-refractivity contribution in [2.24, 2.45) is 5.92 Å². The lowest BCUT2D eigenvalue weighted by atomic mass is 9.89. The van der Waals surface area contributed by atoms with Gasteiger partial charge in [0.1, 0.15) is 0 Å². The average Bonchev–Trinajstić information content (AvgIpc) is 2.99. The predicted octanol–water partition coefficient (Wildman–Crippen LogP) is 6.76. The number of amides is 3. The summed E-state index contributed by atoms with van der Waals surface area (Å²) >= 11 is 0. The second kappa shape index (κ2) is 13.5. The summed E-state index contributed by atoms with van der Waals surface area (Å²) in [6.45, 7) is 2.32. The Balaban J connectivity index is 1.27. The summed E-state index contributed by atoms with van der Waals surface area (Å²) in [7, 11) is 0. The Hall–Kier alpha value is -4.58. The Kier molecular flexibility index (Phi) is 9.09. The summed E-state index contributed by atoms with van der Waals surface area (Å²) in [5.74, 6) is 0.494. The maximum absolute atomic E-state index is 13.5. The molecule has 204 valence electrons. The maximum Gasteiger partial charge on any atom is 0.323 e. The number of hydrogen-bond donors (Lipinski definition) is 3. The van der Waals surface area contributed by atoms with Crippen molar-refractivity contribution in [2.45, 2.75) is 25.7 Å². The largest absolute Gasteiger partial charge is 0.371 e. The van der Waals surface area contributed by atoms with Crippen LogP contribution in [0, 0.1) is 5.92 Å². The fraction of sp³-hybridized carbons (Fsp3) is 0.235. The normalized spacial score (nSPS) is 13.4. The Labute approximate surface area is 236 Å². The molecule has 1 heterocycles. The number of nitrogens with zero attached hydrogens (tertiary/aromatic N) is 1. The van der Waals surface area contributed by atoms with E-state index < -0.39 is 0 Å². The van der Waals surface area contributed by atoms with E-state index >= 15 is 0 Å². The molecule has 4 aromatic rings. The Morgan fingerprint density at radius 3 is 1.98 bits per heavy atom. The van der Waals surface area contributed by atoms with Gasteiger partial charge in [0.25, 0.3) is 5.91 Å². The molecular weight excluding hydrogens is 496 g/mol. The van der Waals surface area contributed by atoms with Gasteiger partial charge < -0.3 is 20.9 Å². The fourth-order valence-electron chi connectivity index (χ4n) is 5.27. The predicted molar refractivity (Wildman–Crippen MR) is 163 cm³/mol. The van der Waals surface area contributed by atoms with Crippen LogP contribution >= 0.6 is 0 Å². The van der Waals surface area contributed by atoms with E-state index in [9.17, 15) is 9.59 Å². The molecule has 0 spiro atoms. The van der Waals surface area contributed by atoms with Crippen molar-refractivity contribution in [1.29, 1.82) is 0 Å². The molecule has 40 heavy (non-hydrogen) atoms. The number of piperidine rings is 1. The number of carbonyl (C=O) groups excluding carboxylic acids is 2. The molecule has 0 aliphatic carbocycles. The first-order chi connectivity index (χ1) is 19.6. The molecule has 5 rings (SSSR count). The molecule has 3 amide bonds. The third-order valence-electron chi connectivity index (χ3n) is 7.40. The molecule has 6 nitrogen and oxygen atoms in total. The maximum atomic E-state index is 13.5. The lowest BCUT2D eigenvalue weighted by Crippen LogP contribution is -2.36. The van der Waals surface area contributed by atoms with E-state index in [-0.39, 0.29) is 11.9 Å². The van der Waals surface area contributed by atoms with Crippen molar-refractivity contribution in [3.05, 3.63) is 126 Å². The van der Waals surface area contributed by atoms with Crippen LogP contribution in [0.15, 0.2) is 109 Å². The summed E-state index contributed by atoms with van der Waals surface area (Å²) in [5, 5.41) is 8.81. The minimum atomic E-state index is -0.351. The minimum absolute atomic E-state index is 0.135. The van der Waals surface area contributed by atoms with Crippen LogP contribution in [0.2, 0.25) is 0 Å². The summed E-state index contributed by atoms with van der Waals surface area (Å²) in [6, 6.07) is 35.3. The molecule has 1 aliphatic heterocycles. The summed E-state index contributed by atoms with van der Waals surface area (Å²) in [6.07, 6.45) is 3.98. The molecule has 1 fully saturated rings. The van der Waals surface area contributed by atoms with E-state index in [1.807, 2.05) is 60.7 Å². The lowest BCUT2D eigenvalue weighted by molar-refractivity contribution is 0.0954. The number of hydrogen-bond acceptors (Lipinski definition) is 3. The van der Waals surface area contributed by atoms with Crippen LogP contribution in [0.25, 0.3) is 0 Å². The molecular formula is C34H36N4O2. The second-order valence-electron chi connectivity index (χ2n) is 10.3. The van der Waals surface area contributed by atoms with E-state index in [1.165, 1.54) is 11.1 Å². The Morgan fingerprint density at radius 1 is 0.700 bits per heavy atom. The van der Waals surface area contributed by atoms with Crippen LogP contribution in [0.5, 0.6) is 0 Å². The molecule has 0 atom stereocenters. The number of benzene rings is 4. The van der Waals surface area contributed by atoms with Gasteiger partial charge in [-0.25, -0.2) is 4.79 Å². The molecule has 0 radical (unpaired) electrons. The van der Waals surface area contributed by atoms with E-state index in [1.54, 1.807) is 6.07 Å². The highest BCUT2D eigenvalue weighted by Gasteiger charge is 2.24. The van der Waals surface area contributed by atoms with Gasteiger partial charge in [0.2, 0.25) is 0 Å². The van der Waals surface area contributed by atoms with Crippen LogP contribution in [0.4, 0.5) is 21.9 Å². The van der Waals surface area contributed by atoms with Gasteiger partial charge in [-0.3, -0.25) is 4.79 Å². The third-order valence-corrected chi connectivity index (χ3v) is 7.40. The standard InChI is InChI=1S/C34H36N4O2/c39-33(35-21-18-26-10-4-1-5-11-26)31-25-30(37-34(40)36-29-14-8-3-9-15-29)16-17-32(31)38-22-19-28(20-23-38)24-27-12-6-2-7-13-27/h1-17,25,28H,18-24H2,(H,35,39)(H2,36,37,40). The third kappa shape index (κ3) is 7.50. The summed E-state index contributed by atoms with van der Waals surface area (Å²) in [4.78, 5) is 28.4. The van der Waals surface area contributed by atoms with E-state index in [2.05, 4.69) is 63.3 Å². The van der Waals surface area contributed by atoms with E-state index in [0.717, 1.165) is 44.5 Å². The van der Waals surface area contributed by atoms with Crippen LogP contribution < -0.4 is 20.9 Å². The van der Waals surface area contributed by atoms with Crippen molar-refractivity contribution in [3.8, 4) is 0 Å². The first kappa shape index (κ1) is 27.0. The molecule has 0 bridgehead atoms. The minimum Gasteiger partial charge on any atom is -0.371 e. The van der Waals surface area contributed by atoms with Crippen molar-refractivity contribution in [3.63, 3.8) is 0 Å². The number of anilines is 3. The zero-order chi connectivity index (χ0) is 27.6. The van der Waals surface area contributed by atoms with Gasteiger partial charge in [-0.15, -0.1) is 0 Å². The molecule has 1 saturated heterocycles. The van der Waals surface area contributed by atoms with Gasteiger partial charge in [0.15, 0.2) is 0 Å². The van der Waals surface area contributed by atoms with Gasteiger partial charge >= 0.3 is 6.03 Å². The van der Waals surface area contributed by atoms with Gasteiger partial charge in [-0.05, 0) is 73.1 Å². The summed E-state index contributed by atoms with van der Waals surface area (Å²) < 4.78 is 0. The highest BCUT2D eigenvalue weighted by atomic mass is 16.2. The van der Waals surface area contributed by atoms with Crippen LogP contribution in [0.1, 0.15) is 34.3 Å². The topological polar surface area (TPSA) is 73.5 Å². The molecule has 0 saturated carbocycles. The van der Waals surface area contributed by atoms with Crippen molar-refractivity contribution < 1.29 is 9.59 Å². The SMILES string of the molecule is O=C(Nc1ccccc1)Nc1ccc(N2CCC(Cc3ccccc3)CC2)c(C(=O)NCCc2ccccc2)c1. The molecule has 4 aromatic carbocycles. The fourth-order valence-corrected chi connectivity index (χ4v) is 5.27. The van der Waals surface area contributed by atoms with E-state index in [4.69, 9.17) is 0 Å². The number of carbonyl (C=O) groups is 2. The van der Waals surface area contributed by atoms with Gasteiger partial charge in [-0.2, -0.15) is 0 Å². The Morgan fingerprint density at radius 2 is 1.30 bits per heavy atom. The smallest absolute Gasteiger partial charge is 0.323 e. The highest BCUT2D eigenvalue weighted by Crippen LogP contribution is 2.30. The molecule has 0 aromatic heterocycles. The van der Waals surface area contributed by atoms with Crippen molar-refractivity contribution >= 4 is 29.0 Å². The van der Waals surface area contributed by atoms with Gasteiger partial charge in [0.05, 0.1) is 5.56 Å². The van der Waals surface area contributed by atoms with Crippen LogP contribution in [-0.4, -0.2) is 31.6 Å². The van der Waals surface area contributed by atoms with Gasteiger partial charge in [-0.1, -0.05) is 78.9 Å². The zero-order valence-corrected chi connectivity index (χ0v) is 22.7. The number of para-hydroxylation sites is 1. The molecule has 3 N–H and O–H groups in total. The highest BCUT2D eigenvalue weighted by molar-refractivity contribution is 6.04. The number of rotatable bonds is 9. The number of nitrogens with one attached hydrogen (secondary N) is 3. The quantitative estimate of drug-likeness (QED) is 0.223. The molecule has 6 heteroatoms. The average molecular weight is 533 g/mol. The van der Waals surface area contributed by atoms with Gasteiger partial charge in [0, 0.05) is 36.7 Å². The molecule has 1 aliphatic rings. The van der Waals surface area contributed by atoms with Crippen LogP contribution in [-0.2, 0) is 12.8 Å².